The normalized spacial score (nSPS) is 21.5. The molecule has 0 heterocycles. The molecular weight excluding hydrogens is 138 g/mol. The molecule has 60 valence electrons. The van der Waals surface area contributed by atoms with Crippen LogP contribution in [0.2, 0.25) is 0 Å². The van der Waals surface area contributed by atoms with Crippen LogP contribution in [-0.4, -0.2) is 12.5 Å². The van der Waals surface area contributed by atoms with Crippen molar-refractivity contribution in [1.82, 2.24) is 0 Å². The highest BCUT2D eigenvalue weighted by Crippen LogP contribution is 2.42. The maximum atomic E-state index is 10.2. The predicted octanol–water partition coefficient (Wildman–Crippen LogP) is 1.96. The van der Waals surface area contributed by atoms with Gasteiger partial charge in [0.1, 0.15) is 0 Å². The molecule has 1 aliphatic carbocycles. The van der Waals surface area contributed by atoms with Crippen LogP contribution in [0.4, 0.5) is 0 Å². The Morgan fingerprint density at radius 1 is 1.27 bits per heavy atom. The Morgan fingerprint density at radius 3 is 2.36 bits per heavy atom. The first-order valence-corrected chi connectivity index (χ1v) is 4.08. The molecule has 1 rings (SSSR count). The minimum Gasteiger partial charge on any atom is -0.303 e. The van der Waals surface area contributed by atoms with Gasteiger partial charge in [0.15, 0.2) is 6.29 Å². The first-order valence-electron chi connectivity index (χ1n) is 4.08. The molecule has 0 aromatic carbocycles. The Labute approximate surface area is 67.5 Å². The number of nitrogens with one attached hydrogen (secondary N) is 1. The monoisotopic (exact) mass is 151 g/mol. The van der Waals surface area contributed by atoms with Gasteiger partial charge < -0.3 is 5.41 Å². The van der Waals surface area contributed by atoms with Crippen LogP contribution >= 0.6 is 0 Å². The van der Waals surface area contributed by atoms with E-state index in [1.807, 2.05) is 6.29 Å². The fourth-order valence-electron chi connectivity index (χ4n) is 1.88. The van der Waals surface area contributed by atoms with Crippen LogP contribution in [0.3, 0.4) is 0 Å². The van der Waals surface area contributed by atoms with Crippen LogP contribution in [0.5, 0.6) is 0 Å². The van der Waals surface area contributed by atoms with E-state index >= 15 is 0 Å². The highest BCUT2D eigenvalue weighted by Gasteiger charge is 2.32. The van der Waals surface area contributed by atoms with Gasteiger partial charge in [-0.05, 0) is 24.7 Å². The van der Waals surface area contributed by atoms with Crippen LogP contribution in [0.25, 0.3) is 0 Å². The van der Waals surface area contributed by atoms with E-state index in [4.69, 9.17) is 5.41 Å². The number of rotatable bonds is 4. The summed E-state index contributed by atoms with van der Waals surface area (Å²) in [6.07, 6.45) is 10.1. The lowest BCUT2D eigenvalue weighted by atomic mass is 9.80. The zero-order chi connectivity index (χ0) is 8.16. The standard InChI is InChI=1S/C9H13NO/c10-7-5-9(6-8-11)3-1-2-4-9/h10H,1-6H2. The van der Waals surface area contributed by atoms with Gasteiger partial charge in [-0.2, -0.15) is 0 Å². The Balaban J connectivity index is 2.53. The predicted molar refractivity (Wildman–Crippen MR) is 43.6 cm³/mol. The lowest BCUT2D eigenvalue weighted by molar-refractivity contribution is 0.321. The third-order valence-electron chi connectivity index (χ3n) is 2.57. The van der Waals surface area contributed by atoms with Crippen LogP contribution in [0, 0.1) is 10.8 Å². The molecule has 0 aromatic heterocycles. The molecule has 2 heteroatoms. The molecule has 0 saturated heterocycles. The van der Waals surface area contributed by atoms with Gasteiger partial charge >= 0.3 is 0 Å². The SMILES string of the molecule is N=[C]CC1(C[C]=O)CCCC1. The fourth-order valence-corrected chi connectivity index (χ4v) is 1.88. The Bertz CT molecular complexity index is 136. The summed E-state index contributed by atoms with van der Waals surface area (Å²) in [7, 11) is 0. The molecule has 2 nitrogen and oxygen atoms in total. The smallest absolute Gasteiger partial charge is 0.198 e. The first kappa shape index (κ1) is 8.44. The van der Waals surface area contributed by atoms with Crippen molar-refractivity contribution in [1.29, 1.82) is 5.41 Å². The van der Waals surface area contributed by atoms with Crippen LogP contribution in [0.1, 0.15) is 38.5 Å². The van der Waals surface area contributed by atoms with Gasteiger partial charge in [-0.15, -0.1) is 0 Å². The fraction of sp³-hybridized carbons (Fsp3) is 0.778. The molecular formula is C9H13NO. The summed E-state index contributed by atoms with van der Waals surface area (Å²) >= 11 is 0. The van der Waals surface area contributed by atoms with Crippen molar-refractivity contribution in [2.45, 2.75) is 38.5 Å². The Hall–Kier alpha value is -0.660. The molecule has 0 atom stereocenters. The minimum absolute atomic E-state index is 0.0729. The second kappa shape index (κ2) is 3.65. The van der Waals surface area contributed by atoms with Gasteiger partial charge in [-0.3, -0.25) is 4.79 Å². The molecule has 11 heavy (non-hydrogen) atoms. The third-order valence-corrected chi connectivity index (χ3v) is 2.57. The molecule has 1 aliphatic rings. The van der Waals surface area contributed by atoms with E-state index in [2.05, 4.69) is 6.21 Å². The van der Waals surface area contributed by atoms with E-state index in [1.54, 1.807) is 0 Å². The molecule has 2 radical (unpaired) electrons. The molecule has 0 spiro atoms. The number of hydrogen-bond acceptors (Lipinski definition) is 2. The zero-order valence-corrected chi connectivity index (χ0v) is 6.65. The average Bonchev–Trinajstić information content (AvgIpc) is 2.39. The van der Waals surface area contributed by atoms with E-state index in [1.165, 1.54) is 12.8 Å². The quantitative estimate of drug-likeness (QED) is 0.613. The summed E-state index contributed by atoms with van der Waals surface area (Å²) in [6, 6.07) is 0. The molecule has 0 unspecified atom stereocenters. The molecule has 1 saturated carbocycles. The van der Waals surface area contributed by atoms with Gasteiger partial charge in [0, 0.05) is 6.42 Å². The molecule has 0 aliphatic heterocycles. The molecule has 0 aromatic rings. The van der Waals surface area contributed by atoms with Crippen LogP contribution < -0.4 is 0 Å². The largest absolute Gasteiger partial charge is 0.303 e. The summed E-state index contributed by atoms with van der Waals surface area (Å²) in [5, 5.41) is 6.89. The Morgan fingerprint density at radius 2 is 1.91 bits per heavy atom. The first-order chi connectivity index (χ1) is 5.33. The topological polar surface area (TPSA) is 40.9 Å². The van der Waals surface area contributed by atoms with Crippen molar-refractivity contribution < 1.29 is 4.79 Å². The Kier molecular flexibility index (Phi) is 2.80. The van der Waals surface area contributed by atoms with Gasteiger partial charge in [0.25, 0.3) is 0 Å². The summed E-state index contributed by atoms with van der Waals surface area (Å²) < 4.78 is 0. The van der Waals surface area contributed by atoms with Crippen molar-refractivity contribution in [3.05, 3.63) is 0 Å². The summed E-state index contributed by atoms with van der Waals surface area (Å²) in [5.74, 6) is 0. The maximum Gasteiger partial charge on any atom is 0.198 e. The van der Waals surface area contributed by atoms with E-state index in [9.17, 15) is 4.79 Å². The molecule has 1 N–H and O–H groups in total. The molecule has 1 fully saturated rings. The minimum atomic E-state index is 0.0729. The summed E-state index contributed by atoms with van der Waals surface area (Å²) in [4.78, 5) is 10.2. The van der Waals surface area contributed by atoms with Crippen molar-refractivity contribution in [2.24, 2.45) is 5.41 Å². The molecule has 0 amide bonds. The number of carbonyl (C=O) groups excluding carboxylic acids is 1. The van der Waals surface area contributed by atoms with E-state index < -0.39 is 0 Å². The zero-order valence-electron chi connectivity index (χ0n) is 6.65. The summed E-state index contributed by atoms with van der Waals surface area (Å²) in [6.45, 7) is 0. The van der Waals surface area contributed by atoms with E-state index in [0.29, 0.717) is 12.8 Å². The average molecular weight is 151 g/mol. The van der Waals surface area contributed by atoms with Gasteiger partial charge in [0.05, 0.1) is 6.21 Å². The molecule has 0 bridgehead atoms. The van der Waals surface area contributed by atoms with E-state index in [-0.39, 0.29) is 5.41 Å². The third kappa shape index (κ3) is 1.88. The highest BCUT2D eigenvalue weighted by molar-refractivity contribution is 5.58. The van der Waals surface area contributed by atoms with Crippen molar-refractivity contribution in [2.75, 3.05) is 0 Å². The maximum absolute atomic E-state index is 10.2. The van der Waals surface area contributed by atoms with Crippen LogP contribution in [0.15, 0.2) is 0 Å². The van der Waals surface area contributed by atoms with Crippen molar-refractivity contribution in [3.63, 3.8) is 0 Å². The highest BCUT2D eigenvalue weighted by atomic mass is 16.1. The van der Waals surface area contributed by atoms with E-state index in [0.717, 1.165) is 12.8 Å². The van der Waals surface area contributed by atoms with Gasteiger partial charge in [0.2, 0.25) is 0 Å². The van der Waals surface area contributed by atoms with Gasteiger partial charge in [-0.25, -0.2) is 0 Å². The van der Waals surface area contributed by atoms with Crippen LogP contribution in [-0.2, 0) is 4.79 Å². The second-order valence-corrected chi connectivity index (χ2v) is 3.38. The lowest BCUT2D eigenvalue weighted by Gasteiger charge is -2.23. The second-order valence-electron chi connectivity index (χ2n) is 3.38. The summed E-state index contributed by atoms with van der Waals surface area (Å²) in [5.41, 5.74) is 0.0729. The number of hydrogen-bond donors (Lipinski definition) is 1. The lowest BCUT2D eigenvalue weighted by Crippen LogP contribution is -2.17. The van der Waals surface area contributed by atoms with Gasteiger partial charge in [-0.1, -0.05) is 12.8 Å². The van der Waals surface area contributed by atoms with Crippen molar-refractivity contribution in [3.8, 4) is 0 Å². The van der Waals surface area contributed by atoms with Crippen molar-refractivity contribution >= 4 is 12.5 Å².